The van der Waals surface area contributed by atoms with E-state index < -0.39 is 18.3 Å². The lowest BCUT2D eigenvalue weighted by atomic mass is 9.61. The van der Waals surface area contributed by atoms with E-state index in [1.807, 2.05) is 6.07 Å². The molecule has 4 nitrogen and oxygen atoms in total. The van der Waals surface area contributed by atoms with Crippen LogP contribution in [0.25, 0.3) is 0 Å². The van der Waals surface area contributed by atoms with Gasteiger partial charge in [0.25, 0.3) is 0 Å². The molecule has 1 heterocycles. The SMILES string of the molecule is C=C1/C(=C\C=C2/CCC[C@]3(C)[C@@H]([C@H](C)/C=C/[C@H](O)C4(c5ccc(CC)o5)CC4)CC[C@@H]23)C[C@@H](O)C[C@@H]1O. The fraction of sp³-hybridized carbons (Fsp3) is 0.636. The predicted octanol–water partition coefficient (Wildman–Crippen LogP) is 6.57. The van der Waals surface area contributed by atoms with Gasteiger partial charge in [0.2, 0.25) is 0 Å². The molecule has 0 bridgehead atoms. The Labute approximate surface area is 222 Å². The largest absolute Gasteiger partial charge is 0.465 e. The lowest BCUT2D eigenvalue weighted by Gasteiger charge is -2.44. The molecule has 4 saturated carbocycles. The lowest BCUT2D eigenvalue weighted by molar-refractivity contribution is 0.0862. The smallest absolute Gasteiger partial charge is 0.113 e. The van der Waals surface area contributed by atoms with Gasteiger partial charge in [0, 0.05) is 12.8 Å². The summed E-state index contributed by atoms with van der Waals surface area (Å²) in [5.41, 5.74) is 3.29. The van der Waals surface area contributed by atoms with Crippen LogP contribution in [0.15, 0.2) is 64.2 Å². The van der Waals surface area contributed by atoms with Crippen molar-refractivity contribution in [1.82, 2.24) is 0 Å². The van der Waals surface area contributed by atoms with Crippen molar-refractivity contribution in [3.05, 3.63) is 71.3 Å². The molecule has 37 heavy (non-hydrogen) atoms. The van der Waals surface area contributed by atoms with E-state index in [0.29, 0.717) is 30.6 Å². The van der Waals surface area contributed by atoms with Crippen LogP contribution in [0.1, 0.15) is 90.1 Å². The predicted molar refractivity (Wildman–Crippen MR) is 148 cm³/mol. The Balaban J connectivity index is 1.28. The van der Waals surface area contributed by atoms with Crippen LogP contribution in [-0.4, -0.2) is 33.6 Å². The van der Waals surface area contributed by atoms with Gasteiger partial charge in [0.05, 0.1) is 23.7 Å². The van der Waals surface area contributed by atoms with Crippen molar-refractivity contribution in [2.45, 2.75) is 109 Å². The molecule has 7 atom stereocenters. The van der Waals surface area contributed by atoms with Crippen LogP contribution in [0.4, 0.5) is 0 Å². The second kappa shape index (κ2) is 10.4. The number of aryl methyl sites for hydroxylation is 1. The molecule has 0 spiro atoms. The van der Waals surface area contributed by atoms with Crippen molar-refractivity contribution in [2.24, 2.45) is 23.2 Å². The van der Waals surface area contributed by atoms with E-state index >= 15 is 0 Å². The molecule has 4 fully saturated rings. The summed E-state index contributed by atoms with van der Waals surface area (Å²) in [6, 6.07) is 4.11. The monoisotopic (exact) mass is 506 g/mol. The highest BCUT2D eigenvalue weighted by Crippen LogP contribution is 2.60. The molecule has 0 unspecified atom stereocenters. The molecule has 1 aromatic rings. The Morgan fingerprint density at radius 1 is 1.14 bits per heavy atom. The third-order valence-electron chi connectivity index (χ3n) is 10.4. The van der Waals surface area contributed by atoms with Gasteiger partial charge in [0.1, 0.15) is 11.5 Å². The first kappa shape index (κ1) is 26.7. The van der Waals surface area contributed by atoms with Gasteiger partial charge >= 0.3 is 0 Å². The molecule has 4 aliphatic rings. The van der Waals surface area contributed by atoms with Gasteiger partial charge in [-0.1, -0.05) is 57.2 Å². The van der Waals surface area contributed by atoms with E-state index in [-0.39, 0.29) is 10.8 Å². The number of fused-ring (bicyclic) bond motifs is 1. The summed E-state index contributed by atoms with van der Waals surface area (Å²) < 4.78 is 6.03. The van der Waals surface area contributed by atoms with Gasteiger partial charge in [-0.3, -0.25) is 0 Å². The molecule has 0 aromatic carbocycles. The molecule has 3 N–H and O–H groups in total. The maximum Gasteiger partial charge on any atom is 0.113 e. The molecule has 0 amide bonds. The maximum atomic E-state index is 11.2. The second-order valence-electron chi connectivity index (χ2n) is 12.6. The van der Waals surface area contributed by atoms with Gasteiger partial charge in [-0.2, -0.15) is 0 Å². The van der Waals surface area contributed by atoms with E-state index in [1.165, 1.54) is 31.3 Å². The van der Waals surface area contributed by atoms with Crippen LogP contribution >= 0.6 is 0 Å². The first-order valence-electron chi connectivity index (χ1n) is 14.6. The summed E-state index contributed by atoms with van der Waals surface area (Å²) in [7, 11) is 0. The van der Waals surface area contributed by atoms with Crippen molar-refractivity contribution in [1.29, 1.82) is 0 Å². The number of aliphatic hydroxyl groups is 3. The number of hydrogen-bond donors (Lipinski definition) is 3. The quantitative estimate of drug-likeness (QED) is 0.366. The number of rotatable bonds is 7. The molecular weight excluding hydrogens is 460 g/mol. The van der Waals surface area contributed by atoms with Crippen molar-refractivity contribution in [3.63, 3.8) is 0 Å². The lowest BCUT2D eigenvalue weighted by Crippen LogP contribution is -2.35. The fourth-order valence-corrected chi connectivity index (χ4v) is 7.87. The first-order valence-corrected chi connectivity index (χ1v) is 14.6. The highest BCUT2D eigenvalue weighted by molar-refractivity contribution is 5.39. The van der Waals surface area contributed by atoms with E-state index in [0.717, 1.165) is 48.3 Å². The Bertz CT molecular complexity index is 1090. The maximum absolute atomic E-state index is 11.2. The Morgan fingerprint density at radius 3 is 2.62 bits per heavy atom. The number of furan rings is 1. The first-order chi connectivity index (χ1) is 17.7. The molecule has 1 aromatic heterocycles. The van der Waals surface area contributed by atoms with Gasteiger partial charge in [-0.25, -0.2) is 0 Å². The molecular formula is C33H46O4. The zero-order valence-corrected chi connectivity index (χ0v) is 23.0. The number of hydrogen-bond acceptors (Lipinski definition) is 4. The normalized spacial score (nSPS) is 37.3. The zero-order chi connectivity index (χ0) is 26.4. The molecule has 0 saturated heterocycles. The average molecular weight is 507 g/mol. The third kappa shape index (κ3) is 4.97. The van der Waals surface area contributed by atoms with Gasteiger partial charge in [-0.05, 0) is 97.8 Å². The minimum Gasteiger partial charge on any atom is -0.465 e. The van der Waals surface area contributed by atoms with Crippen molar-refractivity contribution in [3.8, 4) is 0 Å². The third-order valence-corrected chi connectivity index (χ3v) is 10.4. The van der Waals surface area contributed by atoms with Crippen LogP contribution in [0.3, 0.4) is 0 Å². The highest BCUT2D eigenvalue weighted by Gasteiger charge is 2.53. The van der Waals surface area contributed by atoms with Gasteiger partial charge in [0.15, 0.2) is 0 Å². The standard InChI is InChI=1S/C33H46O4/c1-5-26-11-15-31(37-26)33(17-18-33)30(36)14-8-21(2)27-12-13-28-23(7-6-16-32(27,28)4)9-10-24-19-25(34)20-29(35)22(24)3/h8-11,14-15,21,25,27-30,34-36H,3,5-7,12-13,16-20H2,1-2,4H3/b14-8+,23-9+,24-10-/t21-,25-,27-,28+,29+,30+,32-/m1/s1. The Morgan fingerprint density at radius 2 is 1.92 bits per heavy atom. The summed E-state index contributed by atoms with van der Waals surface area (Å²) >= 11 is 0. The minimum atomic E-state index is -0.639. The van der Waals surface area contributed by atoms with Crippen molar-refractivity contribution in [2.75, 3.05) is 0 Å². The van der Waals surface area contributed by atoms with Crippen LogP contribution < -0.4 is 0 Å². The topological polar surface area (TPSA) is 73.8 Å². The van der Waals surface area contributed by atoms with Gasteiger partial charge in [-0.15, -0.1) is 0 Å². The van der Waals surface area contributed by atoms with E-state index in [2.05, 4.69) is 57.7 Å². The summed E-state index contributed by atoms with van der Waals surface area (Å²) in [6.07, 6.45) is 16.9. The molecule has 0 aliphatic heterocycles. The summed E-state index contributed by atoms with van der Waals surface area (Å²) in [5, 5.41) is 31.5. The van der Waals surface area contributed by atoms with E-state index in [4.69, 9.17) is 4.42 Å². The van der Waals surface area contributed by atoms with Crippen molar-refractivity contribution >= 4 is 0 Å². The highest BCUT2D eigenvalue weighted by atomic mass is 16.3. The molecule has 5 rings (SSSR count). The number of aliphatic hydroxyl groups excluding tert-OH is 3. The van der Waals surface area contributed by atoms with Crippen LogP contribution in [-0.2, 0) is 11.8 Å². The van der Waals surface area contributed by atoms with E-state index in [1.54, 1.807) is 0 Å². The van der Waals surface area contributed by atoms with Crippen LogP contribution in [0, 0.1) is 23.2 Å². The fourth-order valence-electron chi connectivity index (χ4n) is 7.87. The summed E-state index contributed by atoms with van der Waals surface area (Å²) in [5.74, 6) is 3.51. The zero-order valence-electron chi connectivity index (χ0n) is 23.0. The Hall–Kier alpha value is -1.88. The molecule has 4 heteroatoms. The molecule has 202 valence electrons. The molecule has 4 aliphatic carbocycles. The van der Waals surface area contributed by atoms with Crippen molar-refractivity contribution < 1.29 is 19.7 Å². The average Bonchev–Trinajstić information content (AvgIpc) is 3.39. The summed E-state index contributed by atoms with van der Waals surface area (Å²) in [6.45, 7) is 11.0. The second-order valence-corrected chi connectivity index (χ2v) is 12.6. The number of allylic oxidation sites excluding steroid dienone is 4. The van der Waals surface area contributed by atoms with Crippen LogP contribution in [0.2, 0.25) is 0 Å². The molecule has 0 radical (unpaired) electrons. The van der Waals surface area contributed by atoms with Crippen LogP contribution in [0.5, 0.6) is 0 Å². The van der Waals surface area contributed by atoms with E-state index in [9.17, 15) is 15.3 Å². The van der Waals surface area contributed by atoms with Gasteiger partial charge < -0.3 is 19.7 Å². The summed E-state index contributed by atoms with van der Waals surface area (Å²) in [4.78, 5) is 0. The Kier molecular flexibility index (Phi) is 7.48. The minimum absolute atomic E-state index is 0.232.